The largest absolute Gasteiger partial charge is 0.497 e. The summed E-state index contributed by atoms with van der Waals surface area (Å²) >= 11 is 0. The summed E-state index contributed by atoms with van der Waals surface area (Å²) in [6, 6.07) is 20.3. The first-order chi connectivity index (χ1) is 14.4. The molecule has 0 aliphatic heterocycles. The Hall–Kier alpha value is -3.16. The Bertz CT molecular complexity index is 1090. The molecule has 1 atom stereocenters. The number of hydrogen-bond donors (Lipinski definition) is 0. The molecule has 0 amide bonds. The number of methoxy groups -OCH3 is 1. The van der Waals surface area contributed by atoms with Gasteiger partial charge < -0.3 is 9.47 Å². The summed E-state index contributed by atoms with van der Waals surface area (Å²) in [5, 5.41) is 0. The average molecular weight is 426 g/mol. The maximum atomic E-state index is 12.6. The van der Waals surface area contributed by atoms with E-state index in [1.54, 1.807) is 42.5 Å². The van der Waals surface area contributed by atoms with Crippen LogP contribution < -0.4 is 9.47 Å². The molecule has 0 saturated heterocycles. The SMILES string of the molecule is COc1ccc(C=O)c(OC(COS(=O)(=O)c2ccc(C)cc2)c2ccccc2)c1. The molecule has 30 heavy (non-hydrogen) atoms. The lowest BCUT2D eigenvalue weighted by Gasteiger charge is -2.21. The van der Waals surface area contributed by atoms with Crippen molar-refractivity contribution in [2.24, 2.45) is 0 Å². The van der Waals surface area contributed by atoms with Crippen molar-refractivity contribution >= 4 is 16.4 Å². The van der Waals surface area contributed by atoms with E-state index in [4.69, 9.17) is 13.7 Å². The van der Waals surface area contributed by atoms with Gasteiger partial charge >= 0.3 is 0 Å². The van der Waals surface area contributed by atoms with E-state index in [2.05, 4.69) is 0 Å². The first-order valence-electron chi connectivity index (χ1n) is 9.24. The maximum absolute atomic E-state index is 12.6. The van der Waals surface area contributed by atoms with Gasteiger partial charge in [-0.2, -0.15) is 8.42 Å². The van der Waals surface area contributed by atoms with Crippen molar-refractivity contribution in [3.8, 4) is 11.5 Å². The normalized spacial score (nSPS) is 12.2. The van der Waals surface area contributed by atoms with E-state index in [0.717, 1.165) is 5.56 Å². The van der Waals surface area contributed by atoms with Gasteiger partial charge in [0.2, 0.25) is 0 Å². The Morgan fingerprint density at radius 3 is 2.30 bits per heavy atom. The van der Waals surface area contributed by atoms with Crippen molar-refractivity contribution in [2.45, 2.75) is 17.9 Å². The summed E-state index contributed by atoms with van der Waals surface area (Å²) in [6.07, 6.45) is -0.0991. The van der Waals surface area contributed by atoms with Gasteiger partial charge in [0.05, 0.1) is 17.6 Å². The Morgan fingerprint density at radius 2 is 1.67 bits per heavy atom. The lowest BCUT2D eigenvalue weighted by atomic mass is 10.1. The van der Waals surface area contributed by atoms with E-state index in [0.29, 0.717) is 23.2 Å². The monoisotopic (exact) mass is 426 g/mol. The molecule has 0 aromatic heterocycles. The zero-order valence-corrected chi connectivity index (χ0v) is 17.5. The van der Waals surface area contributed by atoms with Crippen LogP contribution in [0.15, 0.2) is 77.7 Å². The van der Waals surface area contributed by atoms with Gasteiger partial charge in [0.1, 0.15) is 24.2 Å². The lowest BCUT2D eigenvalue weighted by molar-refractivity contribution is 0.109. The van der Waals surface area contributed by atoms with Gasteiger partial charge in [-0.05, 0) is 36.8 Å². The molecular formula is C23H22O6S. The van der Waals surface area contributed by atoms with E-state index in [9.17, 15) is 13.2 Å². The average Bonchev–Trinajstić information content (AvgIpc) is 2.77. The molecule has 0 N–H and O–H groups in total. The second kappa shape index (κ2) is 9.56. The second-order valence-corrected chi connectivity index (χ2v) is 8.21. The molecule has 0 saturated carbocycles. The molecule has 0 aliphatic carbocycles. The van der Waals surface area contributed by atoms with Crippen LogP contribution in [0.2, 0.25) is 0 Å². The molecule has 7 heteroatoms. The van der Waals surface area contributed by atoms with Crippen LogP contribution in [0.3, 0.4) is 0 Å². The summed E-state index contributed by atoms with van der Waals surface area (Å²) < 4.78 is 41.7. The van der Waals surface area contributed by atoms with Gasteiger partial charge in [0.15, 0.2) is 6.29 Å². The summed E-state index contributed by atoms with van der Waals surface area (Å²) in [5.74, 6) is 0.783. The fourth-order valence-electron chi connectivity index (χ4n) is 2.78. The van der Waals surface area contributed by atoms with Crippen molar-refractivity contribution in [2.75, 3.05) is 13.7 Å². The summed E-state index contributed by atoms with van der Waals surface area (Å²) in [7, 11) is -2.47. The number of rotatable bonds is 9. The van der Waals surface area contributed by atoms with E-state index < -0.39 is 16.2 Å². The third-order valence-electron chi connectivity index (χ3n) is 4.47. The third-order valence-corrected chi connectivity index (χ3v) is 5.77. The predicted octanol–water partition coefficient (Wildman–Crippen LogP) is 4.34. The molecule has 3 rings (SSSR count). The Kier molecular flexibility index (Phi) is 6.87. The molecule has 0 radical (unpaired) electrons. The molecule has 0 heterocycles. The van der Waals surface area contributed by atoms with E-state index >= 15 is 0 Å². The van der Waals surface area contributed by atoms with Crippen molar-refractivity contribution in [1.82, 2.24) is 0 Å². The topological polar surface area (TPSA) is 78.9 Å². The van der Waals surface area contributed by atoms with Crippen molar-refractivity contribution in [1.29, 1.82) is 0 Å². The van der Waals surface area contributed by atoms with E-state index in [-0.39, 0.29) is 17.3 Å². The van der Waals surface area contributed by atoms with Crippen molar-refractivity contribution in [3.63, 3.8) is 0 Å². The second-order valence-electron chi connectivity index (χ2n) is 6.59. The molecule has 3 aromatic rings. The lowest BCUT2D eigenvalue weighted by Crippen LogP contribution is -2.19. The molecular weight excluding hydrogens is 404 g/mol. The minimum absolute atomic E-state index is 0.0647. The van der Waals surface area contributed by atoms with Gasteiger partial charge in [-0.25, -0.2) is 0 Å². The van der Waals surface area contributed by atoms with Crippen LogP contribution in [0, 0.1) is 6.92 Å². The number of hydrogen-bond acceptors (Lipinski definition) is 6. The fourth-order valence-corrected chi connectivity index (χ4v) is 3.69. The van der Waals surface area contributed by atoms with Crippen LogP contribution in [0.4, 0.5) is 0 Å². The third kappa shape index (κ3) is 5.25. The first-order valence-corrected chi connectivity index (χ1v) is 10.6. The highest BCUT2D eigenvalue weighted by Crippen LogP contribution is 2.29. The Morgan fingerprint density at radius 1 is 0.967 bits per heavy atom. The minimum atomic E-state index is -3.98. The van der Waals surface area contributed by atoms with E-state index in [1.807, 2.05) is 25.1 Å². The Balaban J connectivity index is 1.87. The van der Waals surface area contributed by atoms with Crippen molar-refractivity contribution < 1.29 is 26.9 Å². The first kappa shape index (κ1) is 21.5. The summed E-state index contributed by atoms with van der Waals surface area (Å²) in [5.41, 5.74) is 1.97. The zero-order chi connectivity index (χ0) is 21.6. The van der Waals surface area contributed by atoms with Crippen molar-refractivity contribution in [3.05, 3.63) is 89.5 Å². The predicted molar refractivity (Wildman–Crippen MR) is 113 cm³/mol. The van der Waals surface area contributed by atoms with Crippen LogP contribution in [-0.2, 0) is 14.3 Å². The van der Waals surface area contributed by atoms with Gasteiger partial charge in [0, 0.05) is 6.07 Å². The highest BCUT2D eigenvalue weighted by molar-refractivity contribution is 7.86. The zero-order valence-electron chi connectivity index (χ0n) is 16.6. The standard InChI is InChI=1S/C23H22O6S/c1-17-8-12-21(13-9-17)30(25,26)28-16-23(18-6-4-3-5-7-18)29-22-14-20(27-2)11-10-19(22)15-24/h3-15,23H,16H2,1-2H3. The van der Waals surface area contributed by atoms with Gasteiger partial charge in [0.25, 0.3) is 10.1 Å². The molecule has 1 unspecified atom stereocenters. The fraction of sp³-hybridized carbons (Fsp3) is 0.174. The highest BCUT2D eigenvalue weighted by Gasteiger charge is 2.22. The van der Waals surface area contributed by atoms with Crippen LogP contribution in [0.25, 0.3) is 0 Å². The van der Waals surface area contributed by atoms with Crippen LogP contribution in [0.1, 0.15) is 27.6 Å². The molecule has 156 valence electrons. The highest BCUT2D eigenvalue weighted by atomic mass is 32.2. The number of aldehydes is 1. The maximum Gasteiger partial charge on any atom is 0.297 e. The number of benzene rings is 3. The number of carbonyl (C=O) groups excluding carboxylic acids is 1. The van der Waals surface area contributed by atoms with Crippen LogP contribution in [-0.4, -0.2) is 28.4 Å². The molecule has 0 bridgehead atoms. The quantitative estimate of drug-likeness (QED) is 0.374. The van der Waals surface area contributed by atoms with E-state index in [1.165, 1.54) is 19.2 Å². The Labute approximate surface area is 176 Å². The molecule has 6 nitrogen and oxygen atoms in total. The number of carbonyl (C=O) groups is 1. The summed E-state index contributed by atoms with van der Waals surface area (Å²) in [4.78, 5) is 11.5. The van der Waals surface area contributed by atoms with Gasteiger partial charge in [-0.15, -0.1) is 0 Å². The van der Waals surface area contributed by atoms with Crippen LogP contribution >= 0.6 is 0 Å². The minimum Gasteiger partial charge on any atom is -0.497 e. The molecule has 0 spiro atoms. The smallest absolute Gasteiger partial charge is 0.297 e. The number of aryl methyl sites for hydroxylation is 1. The molecule has 0 fully saturated rings. The van der Waals surface area contributed by atoms with Gasteiger partial charge in [-0.1, -0.05) is 48.0 Å². The molecule has 3 aromatic carbocycles. The number of ether oxygens (including phenoxy) is 2. The molecule has 0 aliphatic rings. The van der Waals surface area contributed by atoms with Crippen LogP contribution in [0.5, 0.6) is 11.5 Å². The van der Waals surface area contributed by atoms with Gasteiger partial charge in [-0.3, -0.25) is 8.98 Å². The summed E-state index contributed by atoms with van der Waals surface area (Å²) in [6.45, 7) is 1.60.